The van der Waals surface area contributed by atoms with E-state index in [-0.39, 0.29) is 6.54 Å². The molecule has 3 aromatic carbocycles. The maximum absolute atomic E-state index is 11.4. The van der Waals surface area contributed by atoms with Crippen LogP contribution in [0.2, 0.25) is 0 Å². The van der Waals surface area contributed by atoms with Gasteiger partial charge in [-0.25, -0.2) is 4.98 Å². The summed E-state index contributed by atoms with van der Waals surface area (Å²) in [4.78, 5) is 20.5. The zero-order valence-corrected chi connectivity index (χ0v) is 24.7. The summed E-state index contributed by atoms with van der Waals surface area (Å²) in [6.07, 6.45) is 4.97. The molecule has 1 N–H and O–H groups in total. The molecule has 0 spiro atoms. The van der Waals surface area contributed by atoms with Crippen LogP contribution in [0.25, 0.3) is 11.3 Å². The van der Waals surface area contributed by atoms with Crippen molar-refractivity contribution in [2.24, 2.45) is 0 Å². The topological polar surface area (TPSA) is 56.7 Å². The number of nitrogens with zero attached hydrogens (tertiary/aromatic N) is 3. The Bertz CT molecular complexity index is 1310. The quantitative estimate of drug-likeness (QED) is 0.160. The normalized spacial score (nSPS) is 11.3. The number of anilines is 1. The van der Waals surface area contributed by atoms with E-state index in [9.17, 15) is 9.90 Å². The molecule has 210 valence electrons. The summed E-state index contributed by atoms with van der Waals surface area (Å²) in [6.45, 7) is 6.45. The number of benzene rings is 3. The first-order valence-corrected chi connectivity index (χ1v) is 15.2. The molecule has 0 aliphatic carbocycles. The van der Waals surface area contributed by atoms with Crippen molar-refractivity contribution in [3.8, 4) is 11.3 Å². The molecule has 5 nitrogen and oxygen atoms in total. The van der Waals surface area contributed by atoms with E-state index < -0.39 is 5.97 Å². The van der Waals surface area contributed by atoms with Crippen LogP contribution in [0.4, 0.5) is 5.69 Å². The summed E-state index contributed by atoms with van der Waals surface area (Å²) in [5, 5.41) is 12.4. The van der Waals surface area contributed by atoms with Crippen LogP contribution < -0.4 is 4.90 Å². The van der Waals surface area contributed by atoms with Gasteiger partial charge in [-0.15, -0.1) is 11.3 Å². The molecule has 0 atom stereocenters. The number of thiazole rings is 1. The van der Waals surface area contributed by atoms with E-state index in [0.717, 1.165) is 34.1 Å². The van der Waals surface area contributed by atoms with Gasteiger partial charge in [0.25, 0.3) is 0 Å². The van der Waals surface area contributed by atoms with Gasteiger partial charge < -0.3 is 10.0 Å². The number of hydrogen-bond donors (Lipinski definition) is 1. The van der Waals surface area contributed by atoms with Crippen molar-refractivity contribution >= 4 is 23.0 Å². The molecular weight excluding hydrogens is 514 g/mol. The van der Waals surface area contributed by atoms with Gasteiger partial charge in [-0.3, -0.25) is 9.69 Å². The van der Waals surface area contributed by atoms with Crippen LogP contribution in [0.5, 0.6) is 0 Å². The average molecular weight is 556 g/mol. The third-order valence-corrected chi connectivity index (χ3v) is 8.10. The van der Waals surface area contributed by atoms with Gasteiger partial charge in [0.1, 0.15) is 5.01 Å². The maximum atomic E-state index is 11.4. The SMILES string of the molecule is CCCC(CCC)c1ccc(CN(C)c2ccc(-c3csc(CN(CC(=O)O)Cc4ccccc4)n3)cc2)cc1. The molecule has 40 heavy (non-hydrogen) atoms. The summed E-state index contributed by atoms with van der Waals surface area (Å²) in [5.74, 6) is -0.162. The fraction of sp³-hybridized carbons (Fsp3) is 0.353. The summed E-state index contributed by atoms with van der Waals surface area (Å²) < 4.78 is 0. The Morgan fingerprint density at radius 3 is 2.12 bits per heavy atom. The second-order valence-corrected chi connectivity index (χ2v) is 11.5. The lowest BCUT2D eigenvalue weighted by Gasteiger charge is -2.21. The summed E-state index contributed by atoms with van der Waals surface area (Å²) >= 11 is 1.58. The van der Waals surface area contributed by atoms with Crippen molar-refractivity contribution in [2.75, 3.05) is 18.5 Å². The molecule has 0 bridgehead atoms. The number of hydrogen-bond acceptors (Lipinski definition) is 5. The predicted octanol–water partition coefficient (Wildman–Crippen LogP) is 8.22. The summed E-state index contributed by atoms with van der Waals surface area (Å²) in [5.41, 5.74) is 7.02. The van der Waals surface area contributed by atoms with Crippen molar-refractivity contribution in [1.82, 2.24) is 9.88 Å². The van der Waals surface area contributed by atoms with Crippen molar-refractivity contribution in [3.63, 3.8) is 0 Å². The molecular formula is C34H41N3O2S. The molecule has 0 aliphatic heterocycles. The fourth-order valence-corrected chi connectivity index (χ4v) is 6.07. The molecule has 4 aromatic rings. The summed E-state index contributed by atoms with van der Waals surface area (Å²) in [6, 6.07) is 27.7. The van der Waals surface area contributed by atoms with Crippen LogP contribution in [0, 0.1) is 0 Å². The lowest BCUT2D eigenvalue weighted by atomic mass is 9.90. The first kappa shape index (κ1) is 29.5. The van der Waals surface area contributed by atoms with E-state index in [1.807, 2.05) is 35.2 Å². The molecule has 0 aliphatic rings. The van der Waals surface area contributed by atoms with E-state index in [4.69, 9.17) is 4.98 Å². The highest BCUT2D eigenvalue weighted by molar-refractivity contribution is 7.09. The highest BCUT2D eigenvalue weighted by atomic mass is 32.1. The molecule has 6 heteroatoms. The molecule has 1 heterocycles. The van der Waals surface area contributed by atoms with Crippen LogP contribution in [0.15, 0.2) is 84.2 Å². The van der Waals surface area contributed by atoms with Gasteiger partial charge in [-0.05, 0) is 47.6 Å². The Labute approximate surface area is 243 Å². The third kappa shape index (κ3) is 8.51. The smallest absolute Gasteiger partial charge is 0.317 e. The van der Waals surface area contributed by atoms with Gasteiger partial charge >= 0.3 is 5.97 Å². The van der Waals surface area contributed by atoms with E-state index in [2.05, 4.69) is 79.7 Å². The van der Waals surface area contributed by atoms with Crippen molar-refractivity contribution in [1.29, 1.82) is 0 Å². The average Bonchev–Trinajstić information content (AvgIpc) is 3.42. The fourth-order valence-electron chi connectivity index (χ4n) is 5.23. The molecule has 0 unspecified atom stereocenters. The second kappa shape index (κ2) is 14.8. The first-order valence-electron chi connectivity index (χ1n) is 14.3. The van der Waals surface area contributed by atoms with E-state index in [1.165, 1.54) is 36.8 Å². The van der Waals surface area contributed by atoms with Crippen molar-refractivity contribution in [3.05, 3.63) is 106 Å². The van der Waals surface area contributed by atoms with Crippen LogP contribution in [-0.4, -0.2) is 34.6 Å². The lowest BCUT2D eigenvalue weighted by molar-refractivity contribution is -0.138. The Morgan fingerprint density at radius 2 is 1.50 bits per heavy atom. The molecule has 4 rings (SSSR count). The number of carboxylic acids is 1. The summed E-state index contributed by atoms with van der Waals surface area (Å²) in [7, 11) is 2.13. The Hall–Kier alpha value is -3.48. The molecule has 1 aromatic heterocycles. The number of carbonyl (C=O) groups is 1. The first-order chi connectivity index (χ1) is 19.4. The zero-order chi connectivity index (χ0) is 28.3. The van der Waals surface area contributed by atoms with Gasteiger partial charge in [0.2, 0.25) is 0 Å². The Kier molecular flexibility index (Phi) is 10.9. The molecule has 0 saturated carbocycles. The highest BCUT2D eigenvalue weighted by Gasteiger charge is 2.15. The highest BCUT2D eigenvalue weighted by Crippen LogP contribution is 2.28. The number of aromatic nitrogens is 1. The van der Waals surface area contributed by atoms with Crippen LogP contribution >= 0.6 is 11.3 Å². The van der Waals surface area contributed by atoms with Crippen LogP contribution in [-0.2, 0) is 24.4 Å². The standard InChI is InChI=1S/C34H41N3O2S/c1-4-9-28(10-5-2)29-15-13-27(14-16-29)21-36(3)31-19-17-30(18-20-31)32-25-40-33(35-32)23-37(24-34(38)39)22-26-11-7-6-8-12-26/h6-8,11-20,25,28H,4-5,9-10,21-24H2,1-3H3,(H,38,39). The van der Waals surface area contributed by atoms with Crippen LogP contribution in [0.1, 0.15) is 67.1 Å². The van der Waals surface area contributed by atoms with Gasteiger partial charge in [-0.2, -0.15) is 0 Å². The minimum atomic E-state index is -0.833. The van der Waals surface area contributed by atoms with Gasteiger partial charge in [0, 0.05) is 36.8 Å². The molecule has 0 fully saturated rings. The zero-order valence-electron chi connectivity index (χ0n) is 23.9. The monoisotopic (exact) mass is 555 g/mol. The van der Waals surface area contributed by atoms with Crippen LogP contribution in [0.3, 0.4) is 0 Å². The lowest BCUT2D eigenvalue weighted by Crippen LogP contribution is -2.28. The van der Waals surface area contributed by atoms with Gasteiger partial charge in [0.15, 0.2) is 0 Å². The Morgan fingerprint density at radius 1 is 0.850 bits per heavy atom. The third-order valence-electron chi connectivity index (χ3n) is 7.27. The van der Waals surface area contributed by atoms with E-state index in [0.29, 0.717) is 19.0 Å². The van der Waals surface area contributed by atoms with E-state index >= 15 is 0 Å². The maximum Gasteiger partial charge on any atom is 0.317 e. The van der Waals surface area contributed by atoms with E-state index in [1.54, 1.807) is 11.3 Å². The van der Waals surface area contributed by atoms with Gasteiger partial charge in [0.05, 0.1) is 18.8 Å². The minimum Gasteiger partial charge on any atom is -0.480 e. The van der Waals surface area contributed by atoms with Crippen molar-refractivity contribution < 1.29 is 9.90 Å². The van der Waals surface area contributed by atoms with Gasteiger partial charge in [-0.1, -0.05) is 93.4 Å². The molecule has 0 saturated heterocycles. The second-order valence-electron chi connectivity index (χ2n) is 10.6. The largest absolute Gasteiger partial charge is 0.480 e. The Balaban J connectivity index is 1.37. The number of rotatable bonds is 15. The molecule has 0 amide bonds. The predicted molar refractivity (Wildman–Crippen MR) is 167 cm³/mol. The van der Waals surface area contributed by atoms with Crippen molar-refractivity contribution in [2.45, 2.75) is 65.1 Å². The minimum absolute atomic E-state index is 0.0222. The molecule has 0 radical (unpaired) electrons. The number of aliphatic carboxylic acids is 1. The number of carboxylic acid groups (broad SMARTS) is 1.